The fourth-order valence-corrected chi connectivity index (χ4v) is 5.14. The van der Waals surface area contributed by atoms with E-state index in [9.17, 15) is 9.59 Å². The summed E-state index contributed by atoms with van der Waals surface area (Å²) >= 11 is 0. The highest BCUT2D eigenvalue weighted by Crippen LogP contribution is 2.31. The van der Waals surface area contributed by atoms with Crippen molar-refractivity contribution in [1.29, 1.82) is 0 Å². The maximum atomic E-state index is 13.3. The lowest BCUT2D eigenvalue weighted by Crippen LogP contribution is -2.16. The summed E-state index contributed by atoms with van der Waals surface area (Å²) in [5.41, 5.74) is 2.19. The molecule has 228 valence electrons. The number of hydrogen-bond donors (Lipinski definition) is 2. The molecule has 0 aliphatic rings. The lowest BCUT2D eigenvalue weighted by atomic mass is 9.98. The monoisotopic (exact) mass is 569 g/mol. The zero-order valence-corrected chi connectivity index (χ0v) is 25.5. The maximum absolute atomic E-state index is 13.3. The molecule has 0 aromatic heterocycles. The van der Waals surface area contributed by atoms with Crippen LogP contribution in [0.3, 0.4) is 0 Å². The van der Waals surface area contributed by atoms with Gasteiger partial charge < -0.3 is 24.6 Å². The van der Waals surface area contributed by atoms with Crippen molar-refractivity contribution in [3.8, 4) is 17.2 Å². The molecule has 0 aliphatic heterocycles. The summed E-state index contributed by atoms with van der Waals surface area (Å²) in [4.78, 5) is 23.8. The minimum absolute atomic E-state index is 0.194. The van der Waals surface area contributed by atoms with Crippen LogP contribution in [0, 0.1) is 0 Å². The van der Waals surface area contributed by atoms with E-state index in [1.807, 2.05) is 30.3 Å². The molecular formula is C34H51NO6. The van der Waals surface area contributed by atoms with Gasteiger partial charge in [-0.05, 0) is 55.2 Å². The molecule has 7 heteroatoms. The van der Waals surface area contributed by atoms with Crippen molar-refractivity contribution in [3.05, 3.63) is 47.5 Å². The van der Waals surface area contributed by atoms with Crippen molar-refractivity contribution in [1.82, 2.24) is 0 Å². The summed E-state index contributed by atoms with van der Waals surface area (Å²) in [7, 11) is 4.82. The first-order valence-corrected chi connectivity index (χ1v) is 15.4. The zero-order valence-electron chi connectivity index (χ0n) is 25.5. The van der Waals surface area contributed by atoms with Gasteiger partial charge >= 0.3 is 5.97 Å². The molecule has 2 aromatic carbocycles. The number of amides is 1. The van der Waals surface area contributed by atoms with Crippen LogP contribution in [0.15, 0.2) is 36.4 Å². The number of nitrogens with one attached hydrogen (secondary N) is 1. The van der Waals surface area contributed by atoms with Crippen LogP contribution in [0.25, 0.3) is 0 Å². The molecule has 2 aromatic rings. The molecule has 0 fully saturated rings. The second kappa shape index (κ2) is 20.6. The zero-order chi connectivity index (χ0) is 29.7. The predicted molar refractivity (Wildman–Crippen MR) is 166 cm³/mol. The Bertz CT molecular complexity index is 1020. The van der Waals surface area contributed by atoms with E-state index in [-0.39, 0.29) is 5.91 Å². The summed E-state index contributed by atoms with van der Waals surface area (Å²) in [6.07, 6.45) is 19.1. The van der Waals surface area contributed by atoms with Gasteiger partial charge in [0, 0.05) is 18.2 Å². The Kier molecular flexibility index (Phi) is 17.1. The summed E-state index contributed by atoms with van der Waals surface area (Å²) < 4.78 is 16.3. The molecule has 2 N–H and O–H groups in total. The number of carboxylic acid groups (broad SMARTS) is 1. The van der Waals surface area contributed by atoms with Gasteiger partial charge in [0.1, 0.15) is 17.2 Å². The highest BCUT2D eigenvalue weighted by atomic mass is 16.5. The summed E-state index contributed by atoms with van der Waals surface area (Å²) in [5, 5.41) is 11.6. The number of unbranched alkanes of at least 4 members (excludes halogenated alkanes) is 14. The number of ether oxygens (including phenoxy) is 3. The molecule has 0 radical (unpaired) electrons. The van der Waals surface area contributed by atoms with Crippen molar-refractivity contribution in [3.63, 3.8) is 0 Å². The van der Waals surface area contributed by atoms with E-state index in [0.29, 0.717) is 29.2 Å². The number of anilines is 1. The number of carbonyl (C=O) groups excluding carboxylic acids is 1. The molecule has 0 bridgehead atoms. The molecule has 0 heterocycles. The molecule has 41 heavy (non-hydrogen) atoms. The Balaban J connectivity index is 1.66. The van der Waals surface area contributed by atoms with Gasteiger partial charge in [-0.1, -0.05) is 83.5 Å². The summed E-state index contributed by atoms with van der Waals surface area (Å²) in [6, 6.07) is 11.0. The molecule has 7 nitrogen and oxygen atoms in total. The van der Waals surface area contributed by atoms with Crippen molar-refractivity contribution in [2.24, 2.45) is 0 Å². The molecule has 1 amide bonds. The number of aliphatic carboxylic acids is 1. The Hall–Kier alpha value is -3.22. The van der Waals surface area contributed by atoms with Gasteiger partial charge in [0.2, 0.25) is 0 Å². The van der Waals surface area contributed by atoms with Gasteiger partial charge in [0.25, 0.3) is 5.91 Å². The van der Waals surface area contributed by atoms with Crippen LogP contribution in [0.2, 0.25) is 0 Å². The summed E-state index contributed by atoms with van der Waals surface area (Å²) in [6.45, 7) is 0. The van der Waals surface area contributed by atoms with Gasteiger partial charge in [0.05, 0.1) is 26.9 Å². The van der Waals surface area contributed by atoms with E-state index in [1.165, 1.54) is 64.2 Å². The third-order valence-electron chi connectivity index (χ3n) is 7.52. The van der Waals surface area contributed by atoms with Crippen molar-refractivity contribution >= 4 is 17.6 Å². The minimum Gasteiger partial charge on any atom is -0.497 e. The van der Waals surface area contributed by atoms with Gasteiger partial charge in [-0.3, -0.25) is 9.59 Å². The lowest BCUT2D eigenvalue weighted by molar-refractivity contribution is -0.137. The largest absolute Gasteiger partial charge is 0.497 e. The standard InChI is InChI=1S/C34H51NO6/c1-39-29-23-21-28(22-24-29)35-34(38)33-27(25-30(40-2)26-31(33)41-3)19-17-15-13-11-9-7-5-4-6-8-10-12-14-16-18-20-32(36)37/h21-26H,4-20H2,1-3H3,(H,35,38)(H,36,37). The van der Waals surface area contributed by atoms with Gasteiger partial charge in [-0.15, -0.1) is 0 Å². The van der Waals surface area contributed by atoms with Gasteiger partial charge in [-0.25, -0.2) is 0 Å². The van der Waals surface area contributed by atoms with Crippen LogP contribution in [0.4, 0.5) is 5.69 Å². The topological polar surface area (TPSA) is 94.1 Å². The lowest BCUT2D eigenvalue weighted by Gasteiger charge is -2.16. The minimum atomic E-state index is -0.680. The average Bonchev–Trinajstić information content (AvgIpc) is 2.98. The van der Waals surface area contributed by atoms with Crippen LogP contribution < -0.4 is 19.5 Å². The number of methoxy groups -OCH3 is 3. The predicted octanol–water partition coefficient (Wildman–Crippen LogP) is 8.83. The Morgan fingerprint density at radius 2 is 1.12 bits per heavy atom. The van der Waals surface area contributed by atoms with E-state index in [4.69, 9.17) is 19.3 Å². The Morgan fingerprint density at radius 1 is 0.634 bits per heavy atom. The van der Waals surface area contributed by atoms with Gasteiger partial charge in [-0.2, -0.15) is 0 Å². The van der Waals surface area contributed by atoms with E-state index < -0.39 is 5.97 Å². The quantitative estimate of drug-likeness (QED) is 0.130. The average molecular weight is 570 g/mol. The van der Waals surface area contributed by atoms with E-state index >= 15 is 0 Å². The number of carbonyl (C=O) groups is 2. The Labute approximate surface area is 247 Å². The molecule has 2 rings (SSSR count). The molecular weight excluding hydrogens is 518 g/mol. The van der Waals surface area contributed by atoms with Crippen molar-refractivity contribution in [2.45, 2.75) is 109 Å². The first-order valence-electron chi connectivity index (χ1n) is 15.4. The number of aryl methyl sites for hydroxylation is 1. The smallest absolute Gasteiger partial charge is 0.303 e. The number of hydrogen-bond acceptors (Lipinski definition) is 5. The van der Waals surface area contributed by atoms with E-state index in [0.717, 1.165) is 49.8 Å². The van der Waals surface area contributed by atoms with Crippen LogP contribution >= 0.6 is 0 Å². The molecule has 0 unspecified atom stereocenters. The van der Waals surface area contributed by atoms with E-state index in [2.05, 4.69) is 5.32 Å². The molecule has 0 saturated carbocycles. The second-order valence-corrected chi connectivity index (χ2v) is 10.7. The molecule has 0 atom stereocenters. The van der Waals surface area contributed by atoms with Crippen molar-refractivity contribution < 1.29 is 28.9 Å². The second-order valence-electron chi connectivity index (χ2n) is 10.7. The summed E-state index contributed by atoms with van der Waals surface area (Å²) in [5.74, 6) is 1.07. The Morgan fingerprint density at radius 3 is 1.59 bits per heavy atom. The highest BCUT2D eigenvalue weighted by molar-refractivity contribution is 6.07. The van der Waals surface area contributed by atoms with Gasteiger partial charge in [0.15, 0.2) is 0 Å². The number of benzene rings is 2. The third kappa shape index (κ3) is 13.8. The molecule has 0 saturated heterocycles. The highest BCUT2D eigenvalue weighted by Gasteiger charge is 2.19. The van der Waals surface area contributed by atoms with Crippen LogP contribution in [0.5, 0.6) is 17.2 Å². The molecule has 0 spiro atoms. The van der Waals surface area contributed by atoms with Crippen LogP contribution in [0.1, 0.15) is 119 Å². The number of carboxylic acids is 1. The van der Waals surface area contributed by atoms with Crippen molar-refractivity contribution in [2.75, 3.05) is 26.6 Å². The fraction of sp³-hybridized carbons (Fsp3) is 0.588. The maximum Gasteiger partial charge on any atom is 0.303 e. The van der Waals surface area contributed by atoms with Crippen LogP contribution in [-0.2, 0) is 11.2 Å². The first kappa shape index (κ1) is 34.0. The normalized spacial score (nSPS) is 10.8. The third-order valence-corrected chi connectivity index (χ3v) is 7.52. The molecule has 0 aliphatic carbocycles. The van der Waals surface area contributed by atoms with Crippen LogP contribution in [-0.4, -0.2) is 38.3 Å². The number of rotatable bonds is 23. The SMILES string of the molecule is COc1ccc(NC(=O)c2c(CCCCCCCCCCCCCCCCCC(=O)O)cc(OC)cc2OC)cc1. The first-order chi connectivity index (χ1) is 20.0. The van der Waals surface area contributed by atoms with E-state index in [1.54, 1.807) is 27.4 Å². The fourth-order valence-electron chi connectivity index (χ4n) is 5.14.